The van der Waals surface area contributed by atoms with Crippen molar-refractivity contribution >= 4 is 5.91 Å². The van der Waals surface area contributed by atoms with Gasteiger partial charge in [0, 0.05) is 32.3 Å². The zero-order chi connectivity index (χ0) is 15.8. The standard InChI is InChI=1S/C18H17N3O2/c1-20-9-15(8-19-20)17-11-21(18(22)14-6-7-23-12-14)10-13-4-2-3-5-16(13)17/h2-9,12,17H,10-11H2,1H3. The van der Waals surface area contributed by atoms with E-state index in [1.54, 1.807) is 10.7 Å². The maximum Gasteiger partial charge on any atom is 0.257 e. The van der Waals surface area contributed by atoms with Crippen LogP contribution in [0.4, 0.5) is 0 Å². The van der Waals surface area contributed by atoms with Crippen LogP contribution >= 0.6 is 0 Å². The third kappa shape index (κ3) is 2.44. The van der Waals surface area contributed by atoms with Gasteiger partial charge in [-0.2, -0.15) is 5.10 Å². The minimum atomic E-state index is 0.00198. The van der Waals surface area contributed by atoms with Gasteiger partial charge in [-0.25, -0.2) is 0 Å². The molecule has 2 aromatic heterocycles. The Morgan fingerprint density at radius 3 is 2.91 bits per heavy atom. The van der Waals surface area contributed by atoms with Crippen molar-refractivity contribution < 1.29 is 9.21 Å². The first kappa shape index (κ1) is 13.8. The van der Waals surface area contributed by atoms with Crippen LogP contribution in [0.2, 0.25) is 0 Å². The van der Waals surface area contributed by atoms with Gasteiger partial charge >= 0.3 is 0 Å². The zero-order valence-corrected chi connectivity index (χ0v) is 12.8. The summed E-state index contributed by atoms with van der Waals surface area (Å²) in [6.45, 7) is 1.27. The molecule has 5 nitrogen and oxygen atoms in total. The first-order valence-electron chi connectivity index (χ1n) is 7.60. The molecule has 1 amide bonds. The lowest BCUT2D eigenvalue weighted by atomic mass is 9.86. The van der Waals surface area contributed by atoms with Crippen LogP contribution in [0.15, 0.2) is 59.7 Å². The Labute approximate surface area is 134 Å². The van der Waals surface area contributed by atoms with Crippen LogP contribution in [-0.2, 0) is 13.6 Å². The fourth-order valence-electron chi connectivity index (χ4n) is 3.24. The number of carbonyl (C=O) groups is 1. The largest absolute Gasteiger partial charge is 0.472 e. The third-order valence-electron chi connectivity index (χ3n) is 4.38. The molecular weight excluding hydrogens is 290 g/mol. The molecule has 1 aliphatic rings. The van der Waals surface area contributed by atoms with Crippen molar-refractivity contribution in [1.82, 2.24) is 14.7 Å². The quantitative estimate of drug-likeness (QED) is 0.731. The fraction of sp³-hybridized carbons (Fsp3) is 0.222. The van der Waals surface area contributed by atoms with Crippen molar-refractivity contribution in [1.29, 1.82) is 0 Å². The molecule has 116 valence electrons. The summed E-state index contributed by atoms with van der Waals surface area (Å²) in [5.74, 6) is 0.145. The Kier molecular flexibility index (Phi) is 3.26. The molecule has 5 heteroatoms. The summed E-state index contributed by atoms with van der Waals surface area (Å²) in [5.41, 5.74) is 4.18. The van der Waals surface area contributed by atoms with Gasteiger partial charge in [-0.3, -0.25) is 9.48 Å². The SMILES string of the molecule is Cn1cc(C2CN(C(=O)c3ccoc3)Cc3ccccc32)cn1. The molecule has 0 spiro atoms. The lowest BCUT2D eigenvalue weighted by Crippen LogP contribution is -2.38. The summed E-state index contributed by atoms with van der Waals surface area (Å²) in [6.07, 6.45) is 6.94. The monoisotopic (exact) mass is 307 g/mol. The van der Waals surface area contributed by atoms with Crippen LogP contribution < -0.4 is 0 Å². The molecule has 3 aromatic rings. The first-order chi connectivity index (χ1) is 11.2. The van der Waals surface area contributed by atoms with E-state index in [2.05, 4.69) is 23.3 Å². The summed E-state index contributed by atoms with van der Waals surface area (Å²) in [7, 11) is 1.91. The van der Waals surface area contributed by atoms with Gasteiger partial charge in [-0.15, -0.1) is 0 Å². The summed E-state index contributed by atoms with van der Waals surface area (Å²) in [5, 5.41) is 4.28. The molecule has 1 aromatic carbocycles. The normalized spacial score (nSPS) is 17.1. The fourth-order valence-corrected chi connectivity index (χ4v) is 3.24. The Morgan fingerprint density at radius 2 is 2.17 bits per heavy atom. The summed E-state index contributed by atoms with van der Waals surface area (Å²) >= 11 is 0. The lowest BCUT2D eigenvalue weighted by Gasteiger charge is -2.34. The summed E-state index contributed by atoms with van der Waals surface area (Å²) < 4.78 is 6.85. The predicted molar refractivity (Wildman–Crippen MR) is 84.9 cm³/mol. The molecule has 3 heterocycles. The smallest absolute Gasteiger partial charge is 0.257 e. The predicted octanol–water partition coefficient (Wildman–Crippen LogP) is 2.80. The Balaban J connectivity index is 1.72. The van der Waals surface area contributed by atoms with Crippen molar-refractivity contribution in [3.63, 3.8) is 0 Å². The number of aromatic nitrogens is 2. The van der Waals surface area contributed by atoms with E-state index in [-0.39, 0.29) is 11.8 Å². The highest BCUT2D eigenvalue weighted by atomic mass is 16.3. The van der Waals surface area contributed by atoms with E-state index in [0.717, 1.165) is 5.56 Å². The van der Waals surface area contributed by atoms with Crippen LogP contribution in [-0.4, -0.2) is 27.1 Å². The van der Waals surface area contributed by atoms with Crippen LogP contribution in [0.1, 0.15) is 33.0 Å². The number of hydrogen-bond acceptors (Lipinski definition) is 3. The van der Waals surface area contributed by atoms with Crippen molar-refractivity contribution in [2.75, 3.05) is 6.54 Å². The van der Waals surface area contributed by atoms with E-state index >= 15 is 0 Å². The topological polar surface area (TPSA) is 51.3 Å². The number of fused-ring (bicyclic) bond motifs is 1. The number of hydrogen-bond donors (Lipinski definition) is 0. The van der Waals surface area contributed by atoms with Gasteiger partial charge in [0.1, 0.15) is 6.26 Å². The van der Waals surface area contributed by atoms with Crippen LogP contribution in [0.25, 0.3) is 0 Å². The van der Waals surface area contributed by atoms with E-state index in [4.69, 9.17) is 4.42 Å². The first-order valence-corrected chi connectivity index (χ1v) is 7.60. The van der Waals surface area contributed by atoms with E-state index in [9.17, 15) is 4.79 Å². The number of amides is 1. The van der Waals surface area contributed by atoms with Gasteiger partial charge in [0.2, 0.25) is 0 Å². The van der Waals surface area contributed by atoms with Crippen molar-refractivity contribution in [3.05, 3.63) is 77.5 Å². The van der Waals surface area contributed by atoms with Crippen molar-refractivity contribution in [3.8, 4) is 0 Å². The highest BCUT2D eigenvalue weighted by Gasteiger charge is 2.30. The molecule has 0 aliphatic carbocycles. The van der Waals surface area contributed by atoms with E-state index in [0.29, 0.717) is 18.7 Å². The molecule has 0 fully saturated rings. The maximum absolute atomic E-state index is 12.7. The van der Waals surface area contributed by atoms with Gasteiger partial charge in [0.25, 0.3) is 5.91 Å². The molecule has 23 heavy (non-hydrogen) atoms. The van der Waals surface area contributed by atoms with Crippen LogP contribution in [0.5, 0.6) is 0 Å². The molecule has 1 unspecified atom stereocenters. The van der Waals surface area contributed by atoms with Gasteiger partial charge in [-0.1, -0.05) is 24.3 Å². The third-order valence-corrected chi connectivity index (χ3v) is 4.38. The minimum Gasteiger partial charge on any atom is -0.472 e. The summed E-state index contributed by atoms with van der Waals surface area (Å²) in [6, 6.07) is 10.0. The Morgan fingerprint density at radius 1 is 1.30 bits per heavy atom. The number of aryl methyl sites for hydroxylation is 1. The second-order valence-corrected chi connectivity index (χ2v) is 5.90. The van der Waals surface area contributed by atoms with E-state index in [1.807, 2.05) is 30.4 Å². The Bertz CT molecular complexity index is 836. The molecule has 1 aliphatic heterocycles. The average Bonchev–Trinajstić information content (AvgIpc) is 3.24. The Hall–Kier alpha value is -2.82. The molecule has 0 N–H and O–H groups in total. The second-order valence-electron chi connectivity index (χ2n) is 5.90. The van der Waals surface area contributed by atoms with Crippen LogP contribution in [0, 0.1) is 0 Å². The van der Waals surface area contributed by atoms with Gasteiger partial charge in [0.05, 0.1) is 18.0 Å². The number of benzene rings is 1. The number of furan rings is 1. The molecule has 0 saturated heterocycles. The number of rotatable bonds is 2. The second kappa shape index (κ2) is 5.43. The maximum atomic E-state index is 12.7. The lowest BCUT2D eigenvalue weighted by molar-refractivity contribution is 0.0724. The zero-order valence-electron chi connectivity index (χ0n) is 12.8. The molecule has 0 saturated carbocycles. The van der Waals surface area contributed by atoms with Crippen molar-refractivity contribution in [2.24, 2.45) is 7.05 Å². The summed E-state index contributed by atoms with van der Waals surface area (Å²) in [4.78, 5) is 14.6. The van der Waals surface area contributed by atoms with E-state index in [1.165, 1.54) is 23.7 Å². The molecular formula is C18H17N3O2. The minimum absolute atomic E-state index is 0.00198. The molecule has 0 radical (unpaired) electrons. The number of carbonyl (C=O) groups excluding carboxylic acids is 1. The van der Waals surface area contributed by atoms with Gasteiger partial charge in [-0.05, 0) is 22.8 Å². The highest BCUT2D eigenvalue weighted by molar-refractivity contribution is 5.94. The average molecular weight is 307 g/mol. The van der Waals surface area contributed by atoms with Crippen LogP contribution in [0.3, 0.4) is 0 Å². The molecule has 1 atom stereocenters. The van der Waals surface area contributed by atoms with Crippen molar-refractivity contribution in [2.45, 2.75) is 12.5 Å². The van der Waals surface area contributed by atoms with Gasteiger partial charge < -0.3 is 9.32 Å². The number of nitrogens with zero attached hydrogens (tertiary/aromatic N) is 3. The molecule has 4 rings (SSSR count). The van der Waals surface area contributed by atoms with E-state index < -0.39 is 0 Å². The highest BCUT2D eigenvalue weighted by Crippen LogP contribution is 2.33. The van der Waals surface area contributed by atoms with Gasteiger partial charge in [0.15, 0.2) is 0 Å². The molecule has 0 bridgehead atoms.